The number of anilines is 3. The third-order valence-electron chi connectivity index (χ3n) is 4.53. The highest BCUT2D eigenvalue weighted by Crippen LogP contribution is 2.18. The van der Waals surface area contributed by atoms with Gasteiger partial charge >= 0.3 is 12.0 Å². The zero-order valence-corrected chi connectivity index (χ0v) is 16.4. The maximum atomic E-state index is 12.5. The molecule has 1 aromatic heterocycles. The van der Waals surface area contributed by atoms with Crippen LogP contribution in [0.1, 0.15) is 0 Å². The quantitative estimate of drug-likeness (QED) is 0.793. The van der Waals surface area contributed by atoms with Gasteiger partial charge in [-0.1, -0.05) is 0 Å². The molecule has 0 aliphatic carbocycles. The number of carboxylic acids is 1. The standard InChI is InChI=1S/C19H23N5O3.ClH/c1-22(14-18(25)26)16-4-2-15(3-5-16)21-19(27)24-12-10-23(11-13-24)17-6-8-20-9-7-17;/h2-9H,10-14H2,1H3,(H,21,27)(H,25,26);1H. The van der Waals surface area contributed by atoms with E-state index in [1.807, 2.05) is 12.1 Å². The number of halogens is 1. The number of hydrogen-bond donors (Lipinski definition) is 2. The molecule has 0 radical (unpaired) electrons. The Hall–Kier alpha value is -3.00. The number of aliphatic carboxylic acids is 1. The van der Waals surface area contributed by atoms with Crippen molar-refractivity contribution in [1.82, 2.24) is 9.88 Å². The summed E-state index contributed by atoms with van der Waals surface area (Å²) < 4.78 is 0. The average Bonchev–Trinajstić information content (AvgIpc) is 2.69. The Morgan fingerprint density at radius 3 is 2.25 bits per heavy atom. The van der Waals surface area contributed by atoms with Crippen LogP contribution < -0.4 is 15.1 Å². The lowest BCUT2D eigenvalue weighted by Crippen LogP contribution is -2.50. The minimum absolute atomic E-state index is 0. The monoisotopic (exact) mass is 405 g/mol. The van der Waals surface area contributed by atoms with Crippen molar-refractivity contribution in [3.63, 3.8) is 0 Å². The number of rotatable bonds is 5. The fourth-order valence-corrected chi connectivity index (χ4v) is 3.02. The van der Waals surface area contributed by atoms with Gasteiger partial charge in [0.1, 0.15) is 6.54 Å². The Morgan fingerprint density at radius 1 is 1.07 bits per heavy atom. The molecule has 2 heterocycles. The lowest BCUT2D eigenvalue weighted by molar-refractivity contribution is -0.135. The predicted molar refractivity (Wildman–Crippen MR) is 112 cm³/mol. The molecule has 0 bridgehead atoms. The molecule has 1 aliphatic rings. The number of nitrogens with zero attached hydrogens (tertiary/aromatic N) is 4. The van der Waals surface area contributed by atoms with E-state index in [0.717, 1.165) is 24.5 Å². The van der Waals surface area contributed by atoms with Gasteiger partial charge in [-0.3, -0.25) is 9.78 Å². The van der Waals surface area contributed by atoms with Gasteiger partial charge in [0.25, 0.3) is 0 Å². The highest BCUT2D eigenvalue weighted by molar-refractivity contribution is 5.89. The predicted octanol–water partition coefficient (Wildman–Crippen LogP) is 2.38. The van der Waals surface area contributed by atoms with Crippen molar-refractivity contribution >= 4 is 41.5 Å². The van der Waals surface area contributed by atoms with Crippen molar-refractivity contribution in [1.29, 1.82) is 0 Å². The van der Waals surface area contributed by atoms with E-state index in [1.165, 1.54) is 0 Å². The number of carboxylic acid groups (broad SMARTS) is 1. The molecule has 2 aromatic rings. The Kier molecular flexibility index (Phi) is 7.45. The number of amides is 2. The molecular weight excluding hydrogens is 382 g/mol. The summed E-state index contributed by atoms with van der Waals surface area (Å²) in [5.41, 5.74) is 2.58. The first-order valence-corrected chi connectivity index (χ1v) is 8.77. The summed E-state index contributed by atoms with van der Waals surface area (Å²) in [6.45, 7) is 2.77. The van der Waals surface area contributed by atoms with Gasteiger partial charge in [-0.05, 0) is 36.4 Å². The van der Waals surface area contributed by atoms with E-state index in [4.69, 9.17) is 5.11 Å². The number of urea groups is 1. The highest BCUT2D eigenvalue weighted by Gasteiger charge is 2.21. The molecule has 8 nitrogen and oxygen atoms in total. The molecule has 1 saturated heterocycles. The van der Waals surface area contributed by atoms with E-state index in [0.29, 0.717) is 18.8 Å². The second-order valence-electron chi connectivity index (χ2n) is 6.41. The van der Waals surface area contributed by atoms with Crippen LogP contribution in [-0.4, -0.2) is 66.8 Å². The smallest absolute Gasteiger partial charge is 0.323 e. The van der Waals surface area contributed by atoms with Gasteiger partial charge in [0.2, 0.25) is 0 Å². The van der Waals surface area contributed by atoms with Crippen LogP contribution in [0, 0.1) is 0 Å². The Morgan fingerprint density at radius 2 is 1.68 bits per heavy atom. The van der Waals surface area contributed by atoms with Gasteiger partial charge in [-0.2, -0.15) is 0 Å². The molecule has 2 amide bonds. The van der Waals surface area contributed by atoms with E-state index >= 15 is 0 Å². The maximum Gasteiger partial charge on any atom is 0.323 e. The number of likely N-dealkylation sites (N-methyl/N-ethyl adjacent to an activating group) is 1. The van der Waals surface area contributed by atoms with Gasteiger partial charge in [0, 0.05) is 62.7 Å². The van der Waals surface area contributed by atoms with Gasteiger partial charge in [-0.25, -0.2) is 4.79 Å². The number of piperazine rings is 1. The molecule has 28 heavy (non-hydrogen) atoms. The summed E-state index contributed by atoms with van der Waals surface area (Å²) >= 11 is 0. The van der Waals surface area contributed by atoms with Crippen molar-refractivity contribution in [2.45, 2.75) is 0 Å². The SMILES string of the molecule is CN(CC(=O)O)c1ccc(NC(=O)N2CCN(c3ccncc3)CC2)cc1.Cl. The number of benzene rings is 1. The maximum absolute atomic E-state index is 12.5. The van der Waals surface area contributed by atoms with Crippen molar-refractivity contribution in [3.05, 3.63) is 48.8 Å². The summed E-state index contributed by atoms with van der Waals surface area (Å²) in [5.74, 6) is -0.888. The zero-order chi connectivity index (χ0) is 19.2. The van der Waals surface area contributed by atoms with Crippen LogP contribution in [0.4, 0.5) is 21.9 Å². The second-order valence-corrected chi connectivity index (χ2v) is 6.41. The summed E-state index contributed by atoms with van der Waals surface area (Å²) in [5, 5.41) is 11.7. The van der Waals surface area contributed by atoms with Gasteiger partial charge in [0.05, 0.1) is 0 Å². The average molecular weight is 406 g/mol. The topological polar surface area (TPSA) is 89.0 Å². The molecule has 9 heteroatoms. The zero-order valence-electron chi connectivity index (χ0n) is 15.6. The molecule has 0 spiro atoms. The minimum atomic E-state index is -0.888. The third-order valence-corrected chi connectivity index (χ3v) is 4.53. The third kappa shape index (κ3) is 5.50. The number of carbonyl (C=O) groups excluding carboxylic acids is 1. The first-order valence-electron chi connectivity index (χ1n) is 8.77. The number of carbonyl (C=O) groups is 2. The largest absolute Gasteiger partial charge is 0.480 e. The van der Waals surface area contributed by atoms with Crippen molar-refractivity contribution in [2.24, 2.45) is 0 Å². The van der Waals surface area contributed by atoms with Crippen LogP contribution in [0.25, 0.3) is 0 Å². The molecule has 0 atom stereocenters. The lowest BCUT2D eigenvalue weighted by Gasteiger charge is -2.36. The van der Waals surface area contributed by atoms with Crippen molar-refractivity contribution in [2.75, 3.05) is 54.9 Å². The normalized spacial score (nSPS) is 13.5. The molecule has 150 valence electrons. The number of aromatic nitrogens is 1. The number of hydrogen-bond acceptors (Lipinski definition) is 5. The lowest BCUT2D eigenvalue weighted by atomic mass is 10.2. The summed E-state index contributed by atoms with van der Waals surface area (Å²) in [7, 11) is 1.71. The fraction of sp³-hybridized carbons (Fsp3) is 0.316. The minimum Gasteiger partial charge on any atom is -0.480 e. The second kappa shape index (κ2) is 9.80. The molecule has 3 rings (SSSR count). The van der Waals surface area contributed by atoms with E-state index in [9.17, 15) is 9.59 Å². The number of nitrogens with one attached hydrogen (secondary N) is 1. The molecular formula is C19H24ClN5O3. The van der Waals surface area contributed by atoms with Gasteiger partial charge < -0.3 is 25.1 Å². The first kappa shape index (κ1) is 21.3. The van der Waals surface area contributed by atoms with Crippen LogP contribution >= 0.6 is 12.4 Å². The van der Waals surface area contributed by atoms with Crippen LogP contribution in [0.3, 0.4) is 0 Å². The Balaban J connectivity index is 0.00000280. The Bertz CT molecular complexity index is 780. The van der Waals surface area contributed by atoms with E-state index in [-0.39, 0.29) is 25.0 Å². The van der Waals surface area contributed by atoms with Crippen molar-refractivity contribution < 1.29 is 14.7 Å². The molecule has 1 aromatic carbocycles. The van der Waals surface area contributed by atoms with Crippen LogP contribution in [-0.2, 0) is 4.79 Å². The molecule has 1 aliphatic heterocycles. The van der Waals surface area contributed by atoms with Crippen LogP contribution in [0.2, 0.25) is 0 Å². The van der Waals surface area contributed by atoms with Gasteiger partial charge in [-0.15, -0.1) is 12.4 Å². The number of pyridine rings is 1. The van der Waals surface area contributed by atoms with E-state index in [1.54, 1.807) is 53.5 Å². The van der Waals surface area contributed by atoms with E-state index < -0.39 is 5.97 Å². The van der Waals surface area contributed by atoms with E-state index in [2.05, 4.69) is 15.2 Å². The Labute approximate surface area is 170 Å². The molecule has 1 fully saturated rings. The molecule has 0 unspecified atom stereocenters. The van der Waals surface area contributed by atoms with Crippen LogP contribution in [0.5, 0.6) is 0 Å². The van der Waals surface area contributed by atoms with Crippen molar-refractivity contribution in [3.8, 4) is 0 Å². The summed E-state index contributed by atoms with van der Waals surface area (Å²) in [4.78, 5) is 32.9. The summed E-state index contributed by atoms with van der Waals surface area (Å²) in [6, 6.07) is 10.9. The highest BCUT2D eigenvalue weighted by atomic mass is 35.5. The van der Waals surface area contributed by atoms with Gasteiger partial charge in [0.15, 0.2) is 0 Å². The molecule has 2 N–H and O–H groups in total. The summed E-state index contributed by atoms with van der Waals surface area (Å²) in [6.07, 6.45) is 3.54. The molecule has 0 saturated carbocycles. The first-order chi connectivity index (χ1) is 13.0. The van der Waals surface area contributed by atoms with Crippen LogP contribution in [0.15, 0.2) is 48.8 Å². The fourth-order valence-electron chi connectivity index (χ4n) is 3.02.